The highest BCUT2D eigenvalue weighted by molar-refractivity contribution is 6.00. The first kappa shape index (κ1) is 13.6. The molecule has 4 heteroatoms. The van der Waals surface area contributed by atoms with E-state index < -0.39 is 6.10 Å². The Hall–Kier alpha value is -1.81. The average Bonchev–Trinajstić information content (AvgIpc) is 2.42. The van der Waals surface area contributed by atoms with E-state index in [1.807, 2.05) is 25.1 Å². The molecule has 1 aliphatic heterocycles. The van der Waals surface area contributed by atoms with E-state index in [1.54, 1.807) is 17.9 Å². The number of carbonyl (C=O) groups excluding carboxylic acids is 1. The van der Waals surface area contributed by atoms with Gasteiger partial charge < -0.3 is 15.4 Å². The van der Waals surface area contributed by atoms with E-state index in [1.165, 1.54) is 0 Å². The largest absolute Gasteiger partial charge is 0.479 e. The number of nitrogens with two attached hydrogens (primary N) is 1. The summed E-state index contributed by atoms with van der Waals surface area (Å²) in [5.41, 5.74) is 7.84. The van der Waals surface area contributed by atoms with Crippen LogP contribution in [0.15, 0.2) is 30.9 Å². The average molecular weight is 260 g/mol. The minimum Gasteiger partial charge on any atom is -0.479 e. The normalized spacial score (nSPS) is 19.6. The van der Waals surface area contributed by atoms with Crippen molar-refractivity contribution in [1.82, 2.24) is 0 Å². The number of hydrogen-bond acceptors (Lipinski definition) is 3. The molecule has 2 unspecified atom stereocenters. The molecule has 1 aliphatic rings. The van der Waals surface area contributed by atoms with Crippen molar-refractivity contribution in [2.45, 2.75) is 32.4 Å². The van der Waals surface area contributed by atoms with Gasteiger partial charge in [-0.3, -0.25) is 4.79 Å². The fourth-order valence-corrected chi connectivity index (χ4v) is 2.21. The van der Waals surface area contributed by atoms with Crippen LogP contribution in [-0.4, -0.2) is 18.6 Å². The molecule has 1 aromatic carbocycles. The molecule has 0 saturated carbocycles. The summed E-state index contributed by atoms with van der Waals surface area (Å²) in [6.45, 7) is 7.97. The van der Waals surface area contributed by atoms with E-state index in [-0.39, 0.29) is 11.9 Å². The van der Waals surface area contributed by atoms with Gasteiger partial charge in [0.05, 0.1) is 5.69 Å². The van der Waals surface area contributed by atoms with E-state index in [4.69, 9.17) is 10.5 Å². The Kier molecular flexibility index (Phi) is 3.90. The van der Waals surface area contributed by atoms with Crippen LogP contribution in [0.25, 0.3) is 0 Å². The summed E-state index contributed by atoms with van der Waals surface area (Å²) in [7, 11) is 0. The van der Waals surface area contributed by atoms with Crippen LogP contribution in [0.1, 0.15) is 31.9 Å². The zero-order valence-electron chi connectivity index (χ0n) is 11.4. The van der Waals surface area contributed by atoms with E-state index in [9.17, 15) is 4.79 Å². The minimum atomic E-state index is -0.460. The van der Waals surface area contributed by atoms with Crippen molar-refractivity contribution in [3.63, 3.8) is 0 Å². The van der Waals surface area contributed by atoms with Gasteiger partial charge in [0.2, 0.25) is 0 Å². The summed E-state index contributed by atoms with van der Waals surface area (Å²) in [6, 6.07) is 5.77. The summed E-state index contributed by atoms with van der Waals surface area (Å²) >= 11 is 0. The van der Waals surface area contributed by atoms with Crippen molar-refractivity contribution in [3.05, 3.63) is 36.4 Å². The molecule has 0 aliphatic carbocycles. The Morgan fingerprint density at radius 2 is 2.32 bits per heavy atom. The lowest BCUT2D eigenvalue weighted by molar-refractivity contribution is -0.125. The molecule has 0 spiro atoms. The molecule has 2 N–H and O–H groups in total. The summed E-state index contributed by atoms with van der Waals surface area (Å²) in [5, 5.41) is 0. The van der Waals surface area contributed by atoms with Gasteiger partial charge in [-0.25, -0.2) is 0 Å². The van der Waals surface area contributed by atoms with E-state index in [0.717, 1.165) is 23.4 Å². The number of nitrogens with zero attached hydrogens (tertiary/aromatic N) is 1. The SMILES string of the molecule is C=CCN1C(=O)C(C)Oc2ccc(C(N)CC)cc21. The van der Waals surface area contributed by atoms with Gasteiger partial charge >= 0.3 is 0 Å². The third kappa shape index (κ3) is 2.49. The number of rotatable bonds is 4. The molecular formula is C15H20N2O2. The van der Waals surface area contributed by atoms with Gasteiger partial charge in [0.15, 0.2) is 6.10 Å². The van der Waals surface area contributed by atoms with Gasteiger partial charge in [-0.1, -0.05) is 19.1 Å². The van der Waals surface area contributed by atoms with Gasteiger partial charge in [-0.15, -0.1) is 6.58 Å². The molecule has 1 heterocycles. The second kappa shape index (κ2) is 5.45. The molecule has 0 aromatic heterocycles. The second-order valence-corrected chi connectivity index (χ2v) is 4.74. The zero-order chi connectivity index (χ0) is 14.0. The first-order chi connectivity index (χ1) is 9.08. The highest BCUT2D eigenvalue weighted by Gasteiger charge is 2.31. The minimum absolute atomic E-state index is 0.0228. The lowest BCUT2D eigenvalue weighted by Gasteiger charge is -2.33. The number of amides is 1. The second-order valence-electron chi connectivity index (χ2n) is 4.74. The van der Waals surface area contributed by atoms with Crippen molar-refractivity contribution < 1.29 is 9.53 Å². The van der Waals surface area contributed by atoms with Crippen LogP contribution < -0.4 is 15.4 Å². The van der Waals surface area contributed by atoms with Crippen LogP contribution >= 0.6 is 0 Å². The Morgan fingerprint density at radius 3 is 2.95 bits per heavy atom. The fourth-order valence-electron chi connectivity index (χ4n) is 2.21. The lowest BCUT2D eigenvalue weighted by Crippen LogP contribution is -2.44. The number of ether oxygens (including phenoxy) is 1. The van der Waals surface area contributed by atoms with Gasteiger partial charge in [0.25, 0.3) is 5.91 Å². The van der Waals surface area contributed by atoms with E-state index >= 15 is 0 Å². The van der Waals surface area contributed by atoms with Crippen LogP contribution in [0.5, 0.6) is 5.75 Å². The molecule has 2 rings (SSSR count). The molecule has 0 fully saturated rings. The van der Waals surface area contributed by atoms with E-state index in [2.05, 4.69) is 6.58 Å². The fraction of sp³-hybridized carbons (Fsp3) is 0.400. The monoisotopic (exact) mass is 260 g/mol. The quantitative estimate of drug-likeness (QED) is 0.846. The maximum atomic E-state index is 12.2. The summed E-state index contributed by atoms with van der Waals surface area (Å²) in [6.07, 6.45) is 2.11. The third-order valence-electron chi connectivity index (χ3n) is 3.37. The highest BCUT2D eigenvalue weighted by atomic mass is 16.5. The maximum Gasteiger partial charge on any atom is 0.268 e. The van der Waals surface area contributed by atoms with Crippen LogP contribution in [-0.2, 0) is 4.79 Å². The van der Waals surface area contributed by atoms with Crippen molar-refractivity contribution in [3.8, 4) is 5.75 Å². The Balaban J connectivity index is 2.45. The van der Waals surface area contributed by atoms with Gasteiger partial charge in [-0.2, -0.15) is 0 Å². The van der Waals surface area contributed by atoms with Crippen molar-refractivity contribution in [2.24, 2.45) is 5.73 Å². The molecule has 1 amide bonds. The zero-order valence-corrected chi connectivity index (χ0v) is 11.4. The predicted molar refractivity (Wildman–Crippen MR) is 76.3 cm³/mol. The molecule has 0 bridgehead atoms. The molecule has 4 nitrogen and oxygen atoms in total. The van der Waals surface area contributed by atoms with Crippen molar-refractivity contribution in [1.29, 1.82) is 0 Å². The smallest absolute Gasteiger partial charge is 0.268 e. The third-order valence-corrected chi connectivity index (χ3v) is 3.37. The van der Waals surface area contributed by atoms with Gasteiger partial charge in [-0.05, 0) is 31.0 Å². The topological polar surface area (TPSA) is 55.6 Å². The first-order valence-electron chi connectivity index (χ1n) is 6.57. The molecular weight excluding hydrogens is 240 g/mol. The van der Waals surface area contributed by atoms with Crippen LogP contribution in [0.4, 0.5) is 5.69 Å². The van der Waals surface area contributed by atoms with Gasteiger partial charge in [0, 0.05) is 12.6 Å². The summed E-state index contributed by atoms with van der Waals surface area (Å²) < 4.78 is 5.62. The number of hydrogen-bond donors (Lipinski definition) is 1. The Labute approximate surface area is 113 Å². The molecule has 1 aromatic rings. The van der Waals surface area contributed by atoms with Crippen molar-refractivity contribution >= 4 is 11.6 Å². The maximum absolute atomic E-state index is 12.2. The first-order valence-corrected chi connectivity index (χ1v) is 6.57. The molecule has 2 atom stereocenters. The Bertz CT molecular complexity index is 499. The standard InChI is InChI=1S/C15H20N2O2/c1-4-8-17-13-9-11(12(16)5-2)6-7-14(13)19-10(3)15(17)18/h4,6-7,9-10,12H,1,5,8,16H2,2-3H3. The lowest BCUT2D eigenvalue weighted by atomic mass is 10.0. The summed E-state index contributed by atoms with van der Waals surface area (Å²) in [5.74, 6) is 0.677. The number of carbonyl (C=O) groups is 1. The molecule has 102 valence electrons. The summed E-state index contributed by atoms with van der Waals surface area (Å²) in [4.78, 5) is 13.8. The number of benzene rings is 1. The molecule has 0 saturated heterocycles. The van der Waals surface area contributed by atoms with Crippen molar-refractivity contribution in [2.75, 3.05) is 11.4 Å². The number of fused-ring (bicyclic) bond motifs is 1. The van der Waals surface area contributed by atoms with Crippen LogP contribution in [0.2, 0.25) is 0 Å². The molecule has 0 radical (unpaired) electrons. The van der Waals surface area contributed by atoms with E-state index in [0.29, 0.717) is 6.54 Å². The van der Waals surface area contributed by atoms with Gasteiger partial charge in [0.1, 0.15) is 5.75 Å². The van der Waals surface area contributed by atoms with Crippen LogP contribution in [0, 0.1) is 0 Å². The van der Waals surface area contributed by atoms with Crippen LogP contribution in [0.3, 0.4) is 0 Å². The highest BCUT2D eigenvalue weighted by Crippen LogP contribution is 2.36. The molecule has 19 heavy (non-hydrogen) atoms. The Morgan fingerprint density at radius 1 is 1.58 bits per heavy atom. The number of anilines is 1. The predicted octanol–water partition coefficient (Wildman–Crippen LogP) is 2.40.